The lowest BCUT2D eigenvalue weighted by molar-refractivity contribution is 0.307. The zero-order chi connectivity index (χ0) is 14.2. The first-order chi connectivity index (χ1) is 9.79. The van der Waals surface area contributed by atoms with Gasteiger partial charge in [-0.2, -0.15) is 4.98 Å². The van der Waals surface area contributed by atoms with Crippen LogP contribution in [0.5, 0.6) is 5.88 Å². The summed E-state index contributed by atoms with van der Waals surface area (Å²) in [5.41, 5.74) is 7.71. The lowest BCUT2D eigenvalue weighted by Crippen LogP contribution is -2.08. The van der Waals surface area contributed by atoms with Crippen molar-refractivity contribution >= 4 is 11.5 Å². The molecule has 0 aliphatic heterocycles. The van der Waals surface area contributed by atoms with Crippen molar-refractivity contribution in [2.24, 2.45) is 0 Å². The van der Waals surface area contributed by atoms with Crippen molar-refractivity contribution in [3.8, 4) is 5.88 Å². The van der Waals surface area contributed by atoms with Crippen molar-refractivity contribution < 1.29 is 4.74 Å². The highest BCUT2D eigenvalue weighted by molar-refractivity contribution is 5.53. The fourth-order valence-corrected chi connectivity index (χ4v) is 1.84. The summed E-state index contributed by atoms with van der Waals surface area (Å²) in [5, 5.41) is 3.29. The molecular formula is C16H21N3O. The van der Waals surface area contributed by atoms with Crippen molar-refractivity contribution in [3.05, 3.63) is 48.0 Å². The maximum atomic E-state index is 5.83. The number of anilines is 2. The van der Waals surface area contributed by atoms with Crippen LogP contribution >= 0.6 is 0 Å². The molecule has 0 saturated heterocycles. The number of hydrogen-bond acceptors (Lipinski definition) is 4. The summed E-state index contributed by atoms with van der Waals surface area (Å²) in [6.07, 6.45) is 1.89. The van der Waals surface area contributed by atoms with Gasteiger partial charge >= 0.3 is 0 Å². The first-order valence-electron chi connectivity index (χ1n) is 6.96. The lowest BCUT2D eigenvalue weighted by atomic mass is 10.1. The van der Waals surface area contributed by atoms with E-state index in [0.717, 1.165) is 25.2 Å². The van der Waals surface area contributed by atoms with Crippen molar-refractivity contribution in [2.45, 2.75) is 19.8 Å². The van der Waals surface area contributed by atoms with E-state index in [2.05, 4.69) is 29.4 Å². The SMILES string of the molecule is CCCOc1nc(NCCc2ccccc2)ccc1N. The Labute approximate surface area is 120 Å². The zero-order valence-electron chi connectivity index (χ0n) is 11.8. The second-order valence-corrected chi connectivity index (χ2v) is 4.60. The molecule has 0 spiro atoms. The third kappa shape index (κ3) is 4.16. The van der Waals surface area contributed by atoms with Gasteiger partial charge in [0, 0.05) is 6.54 Å². The zero-order valence-corrected chi connectivity index (χ0v) is 11.8. The van der Waals surface area contributed by atoms with Gasteiger partial charge in [-0.25, -0.2) is 0 Å². The summed E-state index contributed by atoms with van der Waals surface area (Å²) in [6.45, 7) is 3.51. The largest absolute Gasteiger partial charge is 0.476 e. The molecule has 0 amide bonds. The van der Waals surface area contributed by atoms with Gasteiger partial charge in [-0.3, -0.25) is 0 Å². The molecule has 0 aliphatic carbocycles. The molecule has 1 heterocycles. The number of nitrogen functional groups attached to an aromatic ring is 1. The molecular weight excluding hydrogens is 250 g/mol. The van der Waals surface area contributed by atoms with Gasteiger partial charge in [-0.1, -0.05) is 37.3 Å². The van der Waals surface area contributed by atoms with Crippen LogP contribution in [-0.2, 0) is 6.42 Å². The van der Waals surface area contributed by atoms with E-state index >= 15 is 0 Å². The molecule has 0 aliphatic rings. The van der Waals surface area contributed by atoms with Gasteiger partial charge in [0.05, 0.1) is 12.3 Å². The maximum Gasteiger partial charge on any atom is 0.239 e. The summed E-state index contributed by atoms with van der Waals surface area (Å²) in [4.78, 5) is 4.38. The Balaban J connectivity index is 1.89. The highest BCUT2D eigenvalue weighted by atomic mass is 16.5. The van der Waals surface area contributed by atoms with Gasteiger partial charge in [0.2, 0.25) is 5.88 Å². The molecule has 20 heavy (non-hydrogen) atoms. The standard InChI is InChI=1S/C16H21N3O/c1-2-12-20-16-14(17)8-9-15(19-16)18-11-10-13-6-4-3-5-7-13/h3-9H,2,10-12,17H2,1H3,(H,18,19). The number of hydrogen-bond donors (Lipinski definition) is 2. The van der Waals surface area contributed by atoms with Gasteiger partial charge in [0.15, 0.2) is 0 Å². The van der Waals surface area contributed by atoms with Gasteiger partial charge in [-0.05, 0) is 30.5 Å². The van der Waals surface area contributed by atoms with E-state index in [9.17, 15) is 0 Å². The molecule has 4 heteroatoms. The fourth-order valence-electron chi connectivity index (χ4n) is 1.84. The Kier molecular flexibility index (Phi) is 5.24. The number of nitrogens with one attached hydrogen (secondary N) is 1. The first kappa shape index (κ1) is 14.2. The molecule has 106 valence electrons. The maximum absolute atomic E-state index is 5.83. The summed E-state index contributed by atoms with van der Waals surface area (Å²) in [5.74, 6) is 1.30. The predicted molar refractivity (Wildman–Crippen MR) is 83.1 cm³/mol. The average Bonchev–Trinajstić information content (AvgIpc) is 2.49. The second kappa shape index (κ2) is 7.38. The summed E-state index contributed by atoms with van der Waals surface area (Å²) < 4.78 is 5.52. The number of ether oxygens (including phenoxy) is 1. The van der Waals surface area contributed by atoms with Gasteiger partial charge in [-0.15, -0.1) is 0 Å². The van der Waals surface area contributed by atoms with E-state index in [0.29, 0.717) is 18.2 Å². The number of nitrogens with zero attached hydrogens (tertiary/aromatic N) is 1. The van der Waals surface area contributed by atoms with Crippen LogP contribution in [0.25, 0.3) is 0 Å². The van der Waals surface area contributed by atoms with Crippen LogP contribution in [0.4, 0.5) is 11.5 Å². The molecule has 0 radical (unpaired) electrons. The Morgan fingerprint density at radius 1 is 1.15 bits per heavy atom. The van der Waals surface area contributed by atoms with Crippen molar-refractivity contribution in [3.63, 3.8) is 0 Å². The Morgan fingerprint density at radius 3 is 2.70 bits per heavy atom. The topological polar surface area (TPSA) is 60.2 Å². The molecule has 0 bridgehead atoms. The van der Waals surface area contributed by atoms with Crippen LogP contribution in [-0.4, -0.2) is 18.1 Å². The first-order valence-corrected chi connectivity index (χ1v) is 6.96. The summed E-state index contributed by atoms with van der Waals surface area (Å²) in [6, 6.07) is 14.1. The van der Waals surface area contributed by atoms with Crippen LogP contribution < -0.4 is 15.8 Å². The minimum absolute atomic E-state index is 0.511. The van der Waals surface area contributed by atoms with Crippen LogP contribution in [0.1, 0.15) is 18.9 Å². The minimum atomic E-state index is 0.511. The molecule has 2 rings (SSSR count). The molecule has 1 aromatic carbocycles. The lowest BCUT2D eigenvalue weighted by Gasteiger charge is -2.10. The van der Waals surface area contributed by atoms with Gasteiger partial charge in [0.1, 0.15) is 5.82 Å². The monoisotopic (exact) mass is 271 g/mol. The van der Waals surface area contributed by atoms with E-state index in [1.54, 1.807) is 0 Å². The number of pyridine rings is 1. The highest BCUT2D eigenvalue weighted by Gasteiger charge is 2.03. The number of nitrogens with two attached hydrogens (primary N) is 1. The van der Waals surface area contributed by atoms with Crippen LogP contribution in [0.15, 0.2) is 42.5 Å². The molecule has 3 N–H and O–H groups in total. The van der Waals surface area contributed by atoms with Crippen molar-refractivity contribution in [2.75, 3.05) is 24.2 Å². The van der Waals surface area contributed by atoms with E-state index in [1.807, 2.05) is 30.3 Å². The Bertz CT molecular complexity index is 529. The third-order valence-corrected chi connectivity index (χ3v) is 2.90. The van der Waals surface area contributed by atoms with E-state index in [-0.39, 0.29) is 0 Å². The second-order valence-electron chi connectivity index (χ2n) is 4.60. The summed E-state index contributed by atoms with van der Waals surface area (Å²) in [7, 11) is 0. The van der Waals surface area contributed by atoms with Gasteiger partial charge < -0.3 is 15.8 Å². The average molecular weight is 271 g/mol. The Morgan fingerprint density at radius 2 is 1.95 bits per heavy atom. The van der Waals surface area contributed by atoms with Crippen LogP contribution in [0, 0.1) is 0 Å². The molecule has 0 atom stereocenters. The number of benzene rings is 1. The summed E-state index contributed by atoms with van der Waals surface area (Å²) >= 11 is 0. The molecule has 0 unspecified atom stereocenters. The highest BCUT2D eigenvalue weighted by Crippen LogP contribution is 2.20. The quantitative estimate of drug-likeness (QED) is 0.812. The smallest absolute Gasteiger partial charge is 0.239 e. The molecule has 0 saturated carbocycles. The van der Waals surface area contributed by atoms with E-state index in [4.69, 9.17) is 10.5 Å². The molecule has 0 fully saturated rings. The minimum Gasteiger partial charge on any atom is -0.476 e. The fraction of sp³-hybridized carbons (Fsp3) is 0.312. The van der Waals surface area contributed by atoms with E-state index < -0.39 is 0 Å². The van der Waals surface area contributed by atoms with Gasteiger partial charge in [0.25, 0.3) is 0 Å². The third-order valence-electron chi connectivity index (χ3n) is 2.90. The normalized spacial score (nSPS) is 10.2. The van der Waals surface area contributed by atoms with Crippen molar-refractivity contribution in [1.82, 2.24) is 4.98 Å². The molecule has 2 aromatic rings. The van der Waals surface area contributed by atoms with Crippen molar-refractivity contribution in [1.29, 1.82) is 0 Å². The molecule has 1 aromatic heterocycles. The van der Waals surface area contributed by atoms with E-state index in [1.165, 1.54) is 5.56 Å². The number of rotatable bonds is 7. The Hall–Kier alpha value is -2.23. The molecule has 4 nitrogen and oxygen atoms in total. The van der Waals surface area contributed by atoms with Crippen LogP contribution in [0.2, 0.25) is 0 Å². The van der Waals surface area contributed by atoms with Crippen LogP contribution in [0.3, 0.4) is 0 Å². The number of aromatic nitrogens is 1. The predicted octanol–water partition coefficient (Wildman–Crippen LogP) is 3.11.